The summed E-state index contributed by atoms with van der Waals surface area (Å²) in [6.45, 7) is 4.04. The van der Waals surface area contributed by atoms with E-state index in [4.69, 9.17) is 5.73 Å². The highest BCUT2D eigenvalue weighted by atomic mass is 35.5. The highest BCUT2D eigenvalue weighted by Gasteiger charge is 2.21. The Kier molecular flexibility index (Phi) is 6.38. The van der Waals surface area contributed by atoms with Crippen LogP contribution in [0, 0.1) is 0 Å². The Labute approximate surface area is 137 Å². The molecule has 0 aliphatic heterocycles. The molecule has 0 fully saturated rings. The molecule has 0 spiro atoms. The van der Waals surface area contributed by atoms with Crippen molar-refractivity contribution in [1.82, 2.24) is 10.3 Å². The maximum Gasteiger partial charge on any atom is 0.270 e. The summed E-state index contributed by atoms with van der Waals surface area (Å²) in [4.78, 5) is 16.2. The van der Waals surface area contributed by atoms with Crippen molar-refractivity contribution in [3.8, 4) is 0 Å². The molecule has 1 heterocycles. The quantitative estimate of drug-likeness (QED) is 0.889. The number of benzene rings is 1. The summed E-state index contributed by atoms with van der Waals surface area (Å²) in [5.74, 6) is -0.173. The predicted octanol–water partition coefficient (Wildman–Crippen LogP) is 3.23. The summed E-state index contributed by atoms with van der Waals surface area (Å²) < 4.78 is 0. The van der Waals surface area contributed by atoms with Gasteiger partial charge in [-0.3, -0.25) is 4.79 Å². The number of aromatic nitrogens is 1. The normalized spacial score (nSPS) is 10.6. The van der Waals surface area contributed by atoms with Crippen LogP contribution in [0.4, 0.5) is 5.69 Å². The van der Waals surface area contributed by atoms with Crippen molar-refractivity contribution in [3.05, 3.63) is 59.9 Å². The fraction of sp³-hybridized carbons (Fsp3) is 0.294. The molecule has 0 unspecified atom stereocenters. The minimum absolute atomic E-state index is 0. The van der Waals surface area contributed by atoms with Crippen LogP contribution in [-0.4, -0.2) is 16.4 Å². The first kappa shape index (κ1) is 18.0. The number of nitrogens with two attached hydrogens (primary N) is 1. The van der Waals surface area contributed by atoms with E-state index in [0.717, 1.165) is 12.8 Å². The highest BCUT2D eigenvalue weighted by molar-refractivity contribution is 5.92. The number of hydrogen-bond donors (Lipinski definition) is 2. The zero-order chi connectivity index (χ0) is 15.3. The van der Waals surface area contributed by atoms with Crippen LogP contribution >= 0.6 is 12.4 Å². The van der Waals surface area contributed by atoms with Crippen LogP contribution in [0.5, 0.6) is 0 Å². The van der Waals surface area contributed by atoms with Crippen molar-refractivity contribution in [2.24, 2.45) is 0 Å². The average Bonchev–Trinajstić information content (AvgIpc) is 2.46. The Hall–Kier alpha value is -2.07. The maximum absolute atomic E-state index is 12.2. The molecular weight excluding hydrogens is 298 g/mol. The number of nitrogens with one attached hydrogen (secondary N) is 1. The lowest BCUT2D eigenvalue weighted by molar-refractivity contribution is 0.0904. The maximum atomic E-state index is 12.2. The van der Waals surface area contributed by atoms with Crippen molar-refractivity contribution in [2.75, 3.05) is 5.73 Å². The fourth-order valence-corrected chi connectivity index (χ4v) is 2.08. The number of pyridine rings is 1. The lowest BCUT2D eigenvalue weighted by Crippen LogP contribution is -2.44. The summed E-state index contributed by atoms with van der Waals surface area (Å²) in [5.41, 5.74) is 7.48. The number of anilines is 1. The van der Waals surface area contributed by atoms with E-state index >= 15 is 0 Å². The molecule has 5 heteroatoms. The van der Waals surface area contributed by atoms with Gasteiger partial charge in [0, 0.05) is 5.54 Å². The Morgan fingerprint density at radius 3 is 2.45 bits per heavy atom. The van der Waals surface area contributed by atoms with Crippen LogP contribution in [0.25, 0.3) is 0 Å². The largest absolute Gasteiger partial charge is 0.397 e. The summed E-state index contributed by atoms with van der Waals surface area (Å²) in [7, 11) is 0. The van der Waals surface area contributed by atoms with Gasteiger partial charge >= 0.3 is 0 Å². The second-order valence-electron chi connectivity index (χ2n) is 5.80. The van der Waals surface area contributed by atoms with E-state index in [1.54, 1.807) is 12.1 Å². The molecular formula is C17H22ClN3O. The van der Waals surface area contributed by atoms with Gasteiger partial charge in [-0.25, -0.2) is 4.98 Å². The van der Waals surface area contributed by atoms with Crippen molar-refractivity contribution >= 4 is 24.0 Å². The van der Waals surface area contributed by atoms with Crippen molar-refractivity contribution in [3.63, 3.8) is 0 Å². The Morgan fingerprint density at radius 1 is 1.18 bits per heavy atom. The molecule has 1 aromatic heterocycles. The number of halogens is 1. The van der Waals surface area contributed by atoms with E-state index < -0.39 is 0 Å². The standard InChI is InChI=1S/C17H21N3O.ClH/c1-17(2,11-10-13-6-4-3-5-7-13)20-16(21)15-9-8-14(18)12-19-15;/h3-9,12H,10-11,18H2,1-2H3,(H,20,21);1H. The van der Waals surface area contributed by atoms with Gasteiger partial charge in [-0.2, -0.15) is 0 Å². The van der Waals surface area contributed by atoms with Crippen molar-refractivity contribution < 1.29 is 4.79 Å². The zero-order valence-corrected chi connectivity index (χ0v) is 13.7. The van der Waals surface area contributed by atoms with E-state index in [-0.39, 0.29) is 23.9 Å². The summed E-state index contributed by atoms with van der Waals surface area (Å²) >= 11 is 0. The van der Waals surface area contributed by atoms with E-state index in [1.165, 1.54) is 11.8 Å². The van der Waals surface area contributed by atoms with Gasteiger partial charge in [0.15, 0.2) is 0 Å². The van der Waals surface area contributed by atoms with Crippen LogP contribution in [0.2, 0.25) is 0 Å². The van der Waals surface area contributed by atoms with Gasteiger partial charge in [0.1, 0.15) is 5.69 Å². The lowest BCUT2D eigenvalue weighted by Gasteiger charge is -2.26. The monoisotopic (exact) mass is 319 g/mol. The smallest absolute Gasteiger partial charge is 0.270 e. The molecule has 1 aromatic carbocycles. The number of rotatable bonds is 5. The van der Waals surface area contributed by atoms with Crippen LogP contribution in [-0.2, 0) is 6.42 Å². The first-order valence-corrected chi connectivity index (χ1v) is 7.04. The number of hydrogen-bond acceptors (Lipinski definition) is 3. The van der Waals surface area contributed by atoms with Crippen molar-refractivity contribution in [1.29, 1.82) is 0 Å². The average molecular weight is 320 g/mol. The number of aryl methyl sites for hydroxylation is 1. The Morgan fingerprint density at radius 2 is 1.86 bits per heavy atom. The summed E-state index contributed by atoms with van der Waals surface area (Å²) in [6, 6.07) is 13.6. The number of carbonyl (C=O) groups is 1. The second-order valence-corrected chi connectivity index (χ2v) is 5.80. The van der Waals surface area contributed by atoms with Gasteiger partial charge in [-0.1, -0.05) is 30.3 Å². The molecule has 0 saturated heterocycles. The molecule has 0 atom stereocenters. The van der Waals surface area contributed by atoms with Gasteiger partial charge < -0.3 is 11.1 Å². The van der Waals surface area contributed by atoms with Crippen LogP contribution in [0.3, 0.4) is 0 Å². The third kappa shape index (κ3) is 5.37. The molecule has 0 saturated carbocycles. The minimum Gasteiger partial charge on any atom is -0.397 e. The van der Waals surface area contributed by atoms with Gasteiger partial charge in [-0.05, 0) is 44.4 Å². The number of nitrogens with zero attached hydrogens (tertiary/aromatic N) is 1. The number of nitrogen functional groups attached to an aromatic ring is 1. The molecule has 0 radical (unpaired) electrons. The molecule has 22 heavy (non-hydrogen) atoms. The molecule has 2 rings (SSSR count). The van der Waals surface area contributed by atoms with Gasteiger partial charge in [0.2, 0.25) is 0 Å². The summed E-state index contributed by atoms with van der Waals surface area (Å²) in [6.07, 6.45) is 3.27. The van der Waals surface area contributed by atoms with E-state index in [9.17, 15) is 4.79 Å². The Balaban J connectivity index is 0.00000242. The molecule has 0 aliphatic carbocycles. The second kappa shape index (κ2) is 7.80. The minimum atomic E-state index is -0.296. The van der Waals surface area contributed by atoms with E-state index in [0.29, 0.717) is 11.4 Å². The third-order valence-electron chi connectivity index (χ3n) is 3.35. The molecule has 118 valence electrons. The van der Waals surface area contributed by atoms with Gasteiger partial charge in [0.05, 0.1) is 11.9 Å². The van der Waals surface area contributed by atoms with Crippen LogP contribution < -0.4 is 11.1 Å². The molecule has 0 bridgehead atoms. The highest BCUT2D eigenvalue weighted by Crippen LogP contribution is 2.14. The van der Waals surface area contributed by atoms with Crippen LogP contribution in [0.15, 0.2) is 48.7 Å². The number of carbonyl (C=O) groups excluding carboxylic acids is 1. The SMILES string of the molecule is CC(C)(CCc1ccccc1)NC(=O)c1ccc(N)cn1.Cl. The molecule has 4 nitrogen and oxygen atoms in total. The fourth-order valence-electron chi connectivity index (χ4n) is 2.08. The summed E-state index contributed by atoms with van der Waals surface area (Å²) in [5, 5.41) is 3.02. The van der Waals surface area contributed by atoms with Gasteiger partial charge in [-0.15, -0.1) is 12.4 Å². The molecule has 0 aliphatic rings. The predicted molar refractivity (Wildman–Crippen MR) is 92.2 cm³/mol. The number of amides is 1. The zero-order valence-electron chi connectivity index (χ0n) is 12.9. The van der Waals surface area contributed by atoms with Gasteiger partial charge in [0.25, 0.3) is 5.91 Å². The molecule has 2 aromatic rings. The van der Waals surface area contributed by atoms with Crippen LogP contribution in [0.1, 0.15) is 36.3 Å². The molecule has 1 amide bonds. The first-order valence-electron chi connectivity index (χ1n) is 7.04. The Bertz CT molecular complexity index is 597. The third-order valence-corrected chi connectivity index (χ3v) is 3.35. The van der Waals surface area contributed by atoms with Crippen molar-refractivity contribution in [2.45, 2.75) is 32.2 Å². The van der Waals surface area contributed by atoms with E-state index in [1.807, 2.05) is 32.0 Å². The molecule has 3 N–H and O–H groups in total. The lowest BCUT2D eigenvalue weighted by atomic mass is 9.95. The van der Waals surface area contributed by atoms with E-state index in [2.05, 4.69) is 22.4 Å². The first-order chi connectivity index (χ1) is 9.96. The topological polar surface area (TPSA) is 68.0 Å².